The van der Waals surface area contributed by atoms with Gasteiger partial charge in [0.25, 0.3) is 0 Å². The fourth-order valence-electron chi connectivity index (χ4n) is 3.31. The van der Waals surface area contributed by atoms with Crippen LogP contribution in [0.4, 0.5) is 0 Å². The van der Waals surface area contributed by atoms with Gasteiger partial charge in [-0.15, -0.1) is 0 Å². The van der Waals surface area contributed by atoms with Crippen LogP contribution in [-0.4, -0.2) is 9.97 Å². The Kier molecular flexibility index (Phi) is 3.87. The average Bonchev–Trinajstić information content (AvgIpc) is 2.67. The molecule has 0 aliphatic carbocycles. The van der Waals surface area contributed by atoms with Gasteiger partial charge in [-0.25, -0.2) is 0 Å². The molecule has 0 aliphatic rings. The van der Waals surface area contributed by atoms with Crippen molar-refractivity contribution in [3.63, 3.8) is 0 Å². The number of hydrogen-bond acceptors (Lipinski definition) is 2. The summed E-state index contributed by atoms with van der Waals surface area (Å²) in [5, 5.41) is 2.24. The highest BCUT2D eigenvalue weighted by Crippen LogP contribution is 2.33. The van der Waals surface area contributed by atoms with Crippen molar-refractivity contribution >= 4 is 27.4 Å². The van der Waals surface area contributed by atoms with Crippen molar-refractivity contribution in [1.82, 2.24) is 9.97 Å². The summed E-state index contributed by atoms with van der Waals surface area (Å²) in [5.41, 5.74) is 6.57. The molecular formula is C23H18N2. The Bertz CT molecular complexity index is 1110. The molecule has 120 valence electrons. The summed E-state index contributed by atoms with van der Waals surface area (Å²) >= 11 is 0. The maximum atomic E-state index is 4.64. The van der Waals surface area contributed by atoms with E-state index in [1.54, 1.807) is 0 Å². The molecule has 2 aromatic heterocycles. The number of benzene rings is 2. The first kappa shape index (κ1) is 15.3. The molecule has 0 bridgehead atoms. The van der Waals surface area contributed by atoms with Crippen LogP contribution in [0.3, 0.4) is 0 Å². The van der Waals surface area contributed by atoms with Crippen LogP contribution in [0.15, 0.2) is 85.7 Å². The SMILES string of the molecule is C=C/C=C(\C)c1ccnc2c1ccc1c(-c3ccccc3)ccnc12. The van der Waals surface area contributed by atoms with Gasteiger partial charge in [0, 0.05) is 23.2 Å². The molecule has 4 aromatic rings. The molecule has 2 heteroatoms. The largest absolute Gasteiger partial charge is 0.254 e. The third-order valence-corrected chi connectivity index (χ3v) is 4.50. The van der Waals surface area contributed by atoms with E-state index in [2.05, 4.69) is 65.9 Å². The number of hydrogen-bond donors (Lipinski definition) is 0. The first-order chi connectivity index (χ1) is 12.3. The molecule has 2 heterocycles. The Morgan fingerprint density at radius 3 is 2.28 bits per heavy atom. The number of rotatable bonds is 3. The summed E-state index contributed by atoms with van der Waals surface area (Å²) in [6, 6.07) is 18.8. The molecule has 25 heavy (non-hydrogen) atoms. The Morgan fingerprint density at radius 1 is 0.840 bits per heavy atom. The number of allylic oxidation sites excluding steroid dienone is 3. The van der Waals surface area contributed by atoms with Gasteiger partial charge in [0.1, 0.15) is 0 Å². The normalized spacial score (nSPS) is 11.8. The zero-order valence-corrected chi connectivity index (χ0v) is 14.1. The molecule has 0 N–H and O–H groups in total. The smallest absolute Gasteiger partial charge is 0.0970 e. The van der Waals surface area contributed by atoms with E-state index in [0.29, 0.717) is 0 Å². The summed E-state index contributed by atoms with van der Waals surface area (Å²) in [7, 11) is 0. The fourth-order valence-corrected chi connectivity index (χ4v) is 3.31. The number of aromatic nitrogens is 2. The minimum Gasteiger partial charge on any atom is -0.254 e. The lowest BCUT2D eigenvalue weighted by Crippen LogP contribution is -1.91. The molecule has 0 aliphatic heterocycles. The summed E-state index contributed by atoms with van der Waals surface area (Å²) < 4.78 is 0. The number of nitrogens with zero attached hydrogens (tertiary/aromatic N) is 2. The number of pyridine rings is 2. The molecule has 0 atom stereocenters. The van der Waals surface area contributed by atoms with E-state index in [4.69, 9.17) is 0 Å². The minimum absolute atomic E-state index is 0.935. The van der Waals surface area contributed by atoms with Crippen LogP contribution in [0.1, 0.15) is 12.5 Å². The van der Waals surface area contributed by atoms with Crippen LogP contribution in [0, 0.1) is 0 Å². The van der Waals surface area contributed by atoms with Crippen molar-refractivity contribution in [2.24, 2.45) is 0 Å². The molecule has 0 amide bonds. The molecule has 0 saturated heterocycles. The van der Waals surface area contributed by atoms with Crippen molar-refractivity contribution < 1.29 is 0 Å². The molecular weight excluding hydrogens is 304 g/mol. The van der Waals surface area contributed by atoms with Gasteiger partial charge in [0.05, 0.1) is 11.0 Å². The summed E-state index contributed by atoms with van der Waals surface area (Å²) in [6.45, 7) is 5.89. The highest BCUT2D eigenvalue weighted by Gasteiger charge is 2.11. The van der Waals surface area contributed by atoms with E-state index < -0.39 is 0 Å². The van der Waals surface area contributed by atoms with E-state index >= 15 is 0 Å². The van der Waals surface area contributed by atoms with Crippen molar-refractivity contribution in [2.75, 3.05) is 0 Å². The molecule has 0 fully saturated rings. The van der Waals surface area contributed by atoms with E-state index in [1.807, 2.05) is 36.7 Å². The lowest BCUT2D eigenvalue weighted by atomic mass is 9.97. The van der Waals surface area contributed by atoms with Gasteiger partial charge in [-0.1, -0.05) is 61.2 Å². The molecule has 2 aromatic carbocycles. The molecule has 2 nitrogen and oxygen atoms in total. The maximum absolute atomic E-state index is 4.64. The van der Waals surface area contributed by atoms with Crippen LogP contribution in [0.5, 0.6) is 0 Å². The summed E-state index contributed by atoms with van der Waals surface area (Å²) in [5.74, 6) is 0. The van der Waals surface area contributed by atoms with E-state index in [1.165, 1.54) is 22.3 Å². The zero-order valence-electron chi connectivity index (χ0n) is 14.1. The maximum Gasteiger partial charge on any atom is 0.0970 e. The molecule has 0 saturated carbocycles. The Morgan fingerprint density at radius 2 is 1.52 bits per heavy atom. The third-order valence-electron chi connectivity index (χ3n) is 4.50. The van der Waals surface area contributed by atoms with Crippen molar-refractivity contribution in [3.05, 3.63) is 91.3 Å². The van der Waals surface area contributed by atoms with Crippen LogP contribution in [0.2, 0.25) is 0 Å². The quantitative estimate of drug-likeness (QED) is 0.339. The van der Waals surface area contributed by atoms with Gasteiger partial charge in [-0.05, 0) is 41.3 Å². The second-order valence-electron chi connectivity index (χ2n) is 6.03. The van der Waals surface area contributed by atoms with Gasteiger partial charge in [-0.2, -0.15) is 0 Å². The van der Waals surface area contributed by atoms with E-state index in [9.17, 15) is 0 Å². The van der Waals surface area contributed by atoms with Gasteiger partial charge < -0.3 is 0 Å². The summed E-state index contributed by atoms with van der Waals surface area (Å²) in [6.07, 6.45) is 7.56. The average molecular weight is 322 g/mol. The Labute approximate surface area is 147 Å². The monoisotopic (exact) mass is 322 g/mol. The molecule has 0 radical (unpaired) electrons. The van der Waals surface area contributed by atoms with Crippen LogP contribution >= 0.6 is 0 Å². The predicted octanol–water partition coefficient (Wildman–Crippen LogP) is 6.04. The third kappa shape index (κ3) is 2.62. The van der Waals surface area contributed by atoms with E-state index in [0.717, 1.165) is 21.8 Å². The Balaban J connectivity index is 2.05. The second-order valence-corrected chi connectivity index (χ2v) is 6.03. The number of fused-ring (bicyclic) bond motifs is 3. The van der Waals surface area contributed by atoms with Gasteiger partial charge >= 0.3 is 0 Å². The zero-order chi connectivity index (χ0) is 17.2. The van der Waals surface area contributed by atoms with Gasteiger partial charge in [-0.3, -0.25) is 9.97 Å². The lowest BCUT2D eigenvalue weighted by molar-refractivity contribution is 1.36. The molecule has 0 unspecified atom stereocenters. The molecule has 0 spiro atoms. The minimum atomic E-state index is 0.935. The summed E-state index contributed by atoms with van der Waals surface area (Å²) in [4.78, 5) is 9.27. The van der Waals surface area contributed by atoms with Crippen molar-refractivity contribution in [3.8, 4) is 11.1 Å². The lowest BCUT2D eigenvalue weighted by Gasteiger charge is -2.11. The van der Waals surface area contributed by atoms with Gasteiger partial charge in [0.2, 0.25) is 0 Å². The van der Waals surface area contributed by atoms with Crippen molar-refractivity contribution in [1.29, 1.82) is 0 Å². The Hall–Kier alpha value is -3.26. The van der Waals surface area contributed by atoms with E-state index in [-0.39, 0.29) is 0 Å². The van der Waals surface area contributed by atoms with Crippen LogP contribution < -0.4 is 0 Å². The molecule has 4 rings (SSSR count). The van der Waals surface area contributed by atoms with Crippen LogP contribution in [0.25, 0.3) is 38.5 Å². The first-order valence-electron chi connectivity index (χ1n) is 8.31. The second kappa shape index (κ2) is 6.33. The van der Waals surface area contributed by atoms with Crippen LogP contribution in [-0.2, 0) is 0 Å². The predicted molar refractivity (Wildman–Crippen MR) is 106 cm³/mol. The highest BCUT2D eigenvalue weighted by atomic mass is 14.7. The first-order valence-corrected chi connectivity index (χ1v) is 8.31. The fraction of sp³-hybridized carbons (Fsp3) is 0.0435. The topological polar surface area (TPSA) is 25.8 Å². The van der Waals surface area contributed by atoms with Gasteiger partial charge in [0.15, 0.2) is 0 Å². The van der Waals surface area contributed by atoms with Crippen molar-refractivity contribution in [2.45, 2.75) is 6.92 Å². The highest BCUT2D eigenvalue weighted by molar-refractivity contribution is 6.10. The standard InChI is InChI=1S/C23H18N2/c1-3-7-16(2)18-12-14-24-22-20(18)10-11-21-19(13-15-25-23(21)22)17-8-5-4-6-9-17/h3-15H,1H2,2H3/b16-7+.